The lowest BCUT2D eigenvalue weighted by Crippen LogP contribution is -2.32. The van der Waals surface area contributed by atoms with Crippen molar-refractivity contribution in [2.75, 3.05) is 19.8 Å². The first-order valence-corrected chi connectivity index (χ1v) is 5.36. The second kappa shape index (κ2) is 5.75. The normalized spacial score (nSPS) is 18.3. The third-order valence-corrected chi connectivity index (χ3v) is 2.51. The summed E-state index contributed by atoms with van der Waals surface area (Å²) < 4.78 is 5.31. The van der Waals surface area contributed by atoms with E-state index in [9.17, 15) is 4.79 Å². The number of allylic oxidation sites excluding steroid dienone is 1. The van der Waals surface area contributed by atoms with Gasteiger partial charge in [-0.05, 0) is 25.7 Å². The zero-order valence-electron chi connectivity index (χ0n) is 9.38. The highest BCUT2D eigenvalue weighted by molar-refractivity contribution is 5.93. The molecule has 0 aromatic rings. The number of nitrogens with one attached hydrogen (secondary N) is 1. The van der Waals surface area contributed by atoms with Crippen molar-refractivity contribution in [2.45, 2.75) is 26.7 Å². The van der Waals surface area contributed by atoms with Gasteiger partial charge in [-0.15, -0.1) is 0 Å². The molecule has 0 aliphatic carbocycles. The van der Waals surface area contributed by atoms with Crippen molar-refractivity contribution in [3.05, 3.63) is 11.3 Å². The van der Waals surface area contributed by atoms with Crippen molar-refractivity contribution < 1.29 is 14.6 Å². The molecule has 15 heavy (non-hydrogen) atoms. The molecule has 0 saturated carbocycles. The highest BCUT2D eigenvalue weighted by Gasteiger charge is 2.17. The quantitative estimate of drug-likeness (QED) is 0.726. The Kier molecular flexibility index (Phi) is 4.62. The highest BCUT2D eigenvalue weighted by atomic mass is 16.5. The van der Waals surface area contributed by atoms with Crippen LogP contribution in [0.15, 0.2) is 11.3 Å². The summed E-state index contributed by atoms with van der Waals surface area (Å²) in [7, 11) is 0. The Labute approximate surface area is 90.3 Å². The van der Waals surface area contributed by atoms with E-state index >= 15 is 0 Å². The zero-order valence-corrected chi connectivity index (χ0v) is 9.38. The molecule has 2 N–H and O–H groups in total. The summed E-state index contributed by atoms with van der Waals surface area (Å²) >= 11 is 0. The molecule has 0 aromatic carbocycles. The minimum absolute atomic E-state index is 0.0625. The van der Waals surface area contributed by atoms with Gasteiger partial charge in [0.05, 0.1) is 12.2 Å². The first-order valence-electron chi connectivity index (χ1n) is 5.36. The molecule has 86 valence electrons. The third kappa shape index (κ3) is 3.55. The van der Waals surface area contributed by atoms with Gasteiger partial charge in [0.1, 0.15) is 5.76 Å². The number of carbonyl (C=O) groups is 1. The van der Waals surface area contributed by atoms with Gasteiger partial charge in [0.25, 0.3) is 5.91 Å². The van der Waals surface area contributed by atoms with Crippen LogP contribution in [0.3, 0.4) is 0 Å². The Hall–Kier alpha value is -1.03. The van der Waals surface area contributed by atoms with Crippen molar-refractivity contribution in [3.63, 3.8) is 0 Å². The van der Waals surface area contributed by atoms with Gasteiger partial charge in [0.15, 0.2) is 0 Å². The van der Waals surface area contributed by atoms with Gasteiger partial charge in [-0.2, -0.15) is 0 Å². The molecule has 1 rings (SSSR count). The molecule has 1 aliphatic heterocycles. The predicted octanol–water partition coefficient (Wildman–Crippen LogP) is 0.815. The lowest BCUT2D eigenvalue weighted by Gasteiger charge is -2.19. The standard InChI is InChI=1S/C11H19NO3/c1-8(7-13)6-12-11(14)10-4-3-5-15-9(10)2/h8,13H,3-7H2,1-2H3,(H,12,14). The SMILES string of the molecule is CC1=C(C(=O)NCC(C)CO)CCCO1. The maximum absolute atomic E-state index is 11.7. The molecule has 0 radical (unpaired) electrons. The fourth-order valence-electron chi connectivity index (χ4n) is 1.45. The number of aliphatic hydroxyl groups excluding tert-OH is 1. The first kappa shape index (κ1) is 12.0. The van der Waals surface area contributed by atoms with Crippen molar-refractivity contribution in [1.29, 1.82) is 0 Å². The number of carbonyl (C=O) groups excluding carboxylic acids is 1. The van der Waals surface area contributed by atoms with Gasteiger partial charge in [0, 0.05) is 13.2 Å². The second-order valence-electron chi connectivity index (χ2n) is 3.98. The fourth-order valence-corrected chi connectivity index (χ4v) is 1.45. The molecular formula is C11H19NO3. The molecule has 0 fully saturated rings. The number of ether oxygens (including phenoxy) is 1. The highest BCUT2D eigenvalue weighted by Crippen LogP contribution is 2.18. The molecule has 1 unspecified atom stereocenters. The first-order chi connectivity index (χ1) is 7.15. The maximum Gasteiger partial charge on any atom is 0.250 e. The summed E-state index contributed by atoms with van der Waals surface area (Å²) in [5.74, 6) is 0.766. The summed E-state index contributed by atoms with van der Waals surface area (Å²) in [5, 5.41) is 11.6. The van der Waals surface area contributed by atoms with E-state index in [0.29, 0.717) is 13.2 Å². The topological polar surface area (TPSA) is 58.6 Å². The Balaban J connectivity index is 2.46. The van der Waals surface area contributed by atoms with Gasteiger partial charge in [-0.1, -0.05) is 6.92 Å². The van der Waals surface area contributed by atoms with E-state index in [2.05, 4.69) is 5.32 Å². The van der Waals surface area contributed by atoms with E-state index in [4.69, 9.17) is 9.84 Å². The van der Waals surface area contributed by atoms with E-state index < -0.39 is 0 Å². The molecule has 1 aliphatic rings. The lowest BCUT2D eigenvalue weighted by atomic mass is 10.1. The molecule has 1 atom stereocenters. The molecule has 1 heterocycles. The number of hydrogen-bond donors (Lipinski definition) is 2. The summed E-state index contributed by atoms with van der Waals surface area (Å²) in [5.41, 5.74) is 0.742. The van der Waals surface area contributed by atoms with Gasteiger partial charge in [-0.25, -0.2) is 0 Å². The van der Waals surface area contributed by atoms with Crippen molar-refractivity contribution in [3.8, 4) is 0 Å². The van der Waals surface area contributed by atoms with Crippen LogP contribution < -0.4 is 5.32 Å². The maximum atomic E-state index is 11.7. The van der Waals surface area contributed by atoms with Gasteiger partial charge < -0.3 is 15.2 Å². The number of aliphatic hydroxyl groups is 1. The average molecular weight is 213 g/mol. The Morgan fingerprint density at radius 2 is 2.40 bits per heavy atom. The van der Waals surface area contributed by atoms with Gasteiger partial charge in [0.2, 0.25) is 0 Å². The van der Waals surface area contributed by atoms with E-state index in [0.717, 1.165) is 24.2 Å². The van der Waals surface area contributed by atoms with Gasteiger partial charge >= 0.3 is 0 Å². The fraction of sp³-hybridized carbons (Fsp3) is 0.727. The number of amides is 1. The van der Waals surface area contributed by atoms with E-state index in [1.807, 2.05) is 13.8 Å². The number of hydrogen-bond acceptors (Lipinski definition) is 3. The van der Waals surface area contributed by atoms with Crippen molar-refractivity contribution in [2.24, 2.45) is 5.92 Å². The predicted molar refractivity (Wildman–Crippen MR) is 57.1 cm³/mol. The van der Waals surface area contributed by atoms with Crippen LogP contribution in [0.2, 0.25) is 0 Å². The van der Waals surface area contributed by atoms with Crippen LogP contribution in [0, 0.1) is 5.92 Å². The summed E-state index contributed by atoms with van der Waals surface area (Å²) in [6.07, 6.45) is 1.68. The van der Waals surface area contributed by atoms with Crippen LogP contribution in [0.5, 0.6) is 0 Å². The molecule has 4 heteroatoms. The lowest BCUT2D eigenvalue weighted by molar-refractivity contribution is -0.118. The average Bonchev–Trinajstić information content (AvgIpc) is 2.26. The van der Waals surface area contributed by atoms with Crippen LogP contribution >= 0.6 is 0 Å². The van der Waals surface area contributed by atoms with Gasteiger partial charge in [-0.3, -0.25) is 4.79 Å². The molecule has 1 amide bonds. The molecule has 0 spiro atoms. The summed E-state index contributed by atoms with van der Waals surface area (Å²) in [6, 6.07) is 0. The molecule has 0 saturated heterocycles. The Morgan fingerprint density at radius 1 is 1.67 bits per heavy atom. The van der Waals surface area contributed by atoms with Crippen LogP contribution in [0.1, 0.15) is 26.7 Å². The Morgan fingerprint density at radius 3 is 3.00 bits per heavy atom. The van der Waals surface area contributed by atoms with Crippen LogP contribution in [0.4, 0.5) is 0 Å². The molecule has 0 bridgehead atoms. The molecular weight excluding hydrogens is 194 g/mol. The van der Waals surface area contributed by atoms with Crippen LogP contribution in [-0.2, 0) is 9.53 Å². The monoisotopic (exact) mass is 213 g/mol. The van der Waals surface area contributed by atoms with Crippen LogP contribution in [0.25, 0.3) is 0 Å². The minimum Gasteiger partial charge on any atom is -0.498 e. The Bertz CT molecular complexity index is 261. The zero-order chi connectivity index (χ0) is 11.3. The molecule has 0 aromatic heterocycles. The smallest absolute Gasteiger partial charge is 0.250 e. The van der Waals surface area contributed by atoms with E-state index in [-0.39, 0.29) is 18.4 Å². The molecule has 4 nitrogen and oxygen atoms in total. The van der Waals surface area contributed by atoms with E-state index in [1.165, 1.54) is 0 Å². The van der Waals surface area contributed by atoms with Crippen molar-refractivity contribution >= 4 is 5.91 Å². The largest absolute Gasteiger partial charge is 0.498 e. The second-order valence-corrected chi connectivity index (χ2v) is 3.98. The summed E-state index contributed by atoms with van der Waals surface area (Å²) in [4.78, 5) is 11.7. The van der Waals surface area contributed by atoms with Crippen LogP contribution in [-0.4, -0.2) is 30.8 Å². The van der Waals surface area contributed by atoms with Crippen molar-refractivity contribution in [1.82, 2.24) is 5.32 Å². The minimum atomic E-state index is -0.0625. The van der Waals surface area contributed by atoms with E-state index in [1.54, 1.807) is 0 Å². The number of rotatable bonds is 4. The third-order valence-electron chi connectivity index (χ3n) is 2.51. The summed E-state index contributed by atoms with van der Waals surface area (Å²) in [6.45, 7) is 5.01.